The number of nitrogens with one attached hydrogen (secondary N) is 1. The maximum Gasteiger partial charge on any atom is 0.322 e. The van der Waals surface area contributed by atoms with Crippen molar-refractivity contribution >= 4 is 11.9 Å². The number of carbonyl (C=O) groups excluding carboxylic acids is 1. The van der Waals surface area contributed by atoms with Crippen LogP contribution in [0.2, 0.25) is 0 Å². The van der Waals surface area contributed by atoms with E-state index in [1.165, 1.54) is 11.1 Å². The number of ether oxygens (including phenoxy) is 1. The molecule has 0 atom stereocenters. The molecule has 1 aliphatic heterocycles. The average Bonchev–Trinajstić information content (AvgIpc) is 2.75. The van der Waals surface area contributed by atoms with Gasteiger partial charge in [-0.3, -0.25) is 14.5 Å². The van der Waals surface area contributed by atoms with Crippen molar-refractivity contribution in [3.63, 3.8) is 0 Å². The lowest BCUT2D eigenvalue weighted by Gasteiger charge is -2.22. The number of hydrogen-bond acceptors (Lipinski definition) is 4. The number of nitrogens with zero attached hydrogens (tertiary/aromatic N) is 1. The van der Waals surface area contributed by atoms with Gasteiger partial charge in [-0.1, -0.05) is 31.2 Å². The third kappa shape index (κ3) is 7.10. The van der Waals surface area contributed by atoms with Crippen molar-refractivity contribution in [1.29, 1.82) is 0 Å². The molecule has 0 unspecified atom stereocenters. The second-order valence-electron chi connectivity index (χ2n) is 8.08. The Kier molecular flexibility index (Phi) is 8.47. The van der Waals surface area contributed by atoms with Crippen LogP contribution in [0.1, 0.15) is 59.7 Å². The highest BCUT2D eigenvalue weighted by Crippen LogP contribution is 2.25. The summed E-state index contributed by atoms with van der Waals surface area (Å²) in [6.45, 7) is 5.61. The third-order valence-corrected chi connectivity index (χ3v) is 5.43. The van der Waals surface area contributed by atoms with Crippen molar-refractivity contribution < 1.29 is 19.4 Å². The third-order valence-electron chi connectivity index (χ3n) is 5.43. The molecule has 166 valence electrons. The van der Waals surface area contributed by atoms with Crippen molar-refractivity contribution in [3.8, 4) is 5.75 Å². The molecule has 6 heteroatoms. The molecule has 0 aromatic heterocycles. The van der Waals surface area contributed by atoms with Gasteiger partial charge in [0, 0.05) is 18.5 Å². The molecule has 0 fully saturated rings. The summed E-state index contributed by atoms with van der Waals surface area (Å²) in [5, 5.41) is 11.2. The topological polar surface area (TPSA) is 78.9 Å². The quantitative estimate of drug-likeness (QED) is 0.762. The summed E-state index contributed by atoms with van der Waals surface area (Å²) < 4.78 is 6.07. The summed E-state index contributed by atoms with van der Waals surface area (Å²) >= 11 is 0. The molecule has 31 heavy (non-hydrogen) atoms. The average molecular weight is 425 g/mol. The molecule has 0 radical (unpaired) electrons. The van der Waals surface area contributed by atoms with Gasteiger partial charge in [0.05, 0.1) is 6.61 Å². The van der Waals surface area contributed by atoms with Gasteiger partial charge in [0.25, 0.3) is 5.91 Å². The van der Waals surface area contributed by atoms with Crippen LogP contribution < -0.4 is 10.1 Å². The van der Waals surface area contributed by atoms with E-state index in [0.29, 0.717) is 18.6 Å². The molecule has 1 heterocycles. The zero-order valence-electron chi connectivity index (χ0n) is 18.2. The van der Waals surface area contributed by atoms with Crippen LogP contribution in [0.4, 0.5) is 0 Å². The first-order chi connectivity index (χ1) is 15.0. The minimum atomic E-state index is -1.07. The van der Waals surface area contributed by atoms with E-state index in [2.05, 4.69) is 41.4 Å². The molecule has 0 aliphatic carbocycles. The summed E-state index contributed by atoms with van der Waals surface area (Å²) in [5.41, 5.74) is 3.83. The lowest BCUT2D eigenvalue weighted by Crippen LogP contribution is -2.29. The molecular weight excluding hydrogens is 392 g/mol. The number of fused-ring (bicyclic) bond motifs is 3. The molecule has 2 N–H and O–H groups in total. The van der Waals surface area contributed by atoms with Crippen LogP contribution in [0.5, 0.6) is 5.75 Å². The zero-order chi connectivity index (χ0) is 22.1. The number of carboxylic acid groups (broad SMARTS) is 1. The fraction of sp³-hybridized carbons (Fsp3) is 0.440. The van der Waals surface area contributed by atoms with Crippen LogP contribution in [0.25, 0.3) is 0 Å². The highest BCUT2D eigenvalue weighted by Gasteiger charge is 2.14. The lowest BCUT2D eigenvalue weighted by molar-refractivity contribution is -0.135. The van der Waals surface area contributed by atoms with Crippen molar-refractivity contribution in [2.24, 2.45) is 0 Å². The van der Waals surface area contributed by atoms with Gasteiger partial charge in [-0.2, -0.15) is 0 Å². The van der Waals surface area contributed by atoms with E-state index in [0.717, 1.165) is 56.6 Å². The zero-order valence-corrected chi connectivity index (χ0v) is 18.2. The Morgan fingerprint density at radius 3 is 2.74 bits per heavy atom. The van der Waals surface area contributed by atoms with Gasteiger partial charge in [-0.15, -0.1) is 0 Å². The highest BCUT2D eigenvalue weighted by molar-refractivity contribution is 5.96. The molecule has 2 bridgehead atoms. The smallest absolute Gasteiger partial charge is 0.322 e. The Morgan fingerprint density at radius 1 is 1.10 bits per heavy atom. The maximum atomic E-state index is 12.3. The number of amides is 1. The summed E-state index contributed by atoms with van der Waals surface area (Å²) in [6.07, 6.45) is 5.05. The fourth-order valence-electron chi connectivity index (χ4n) is 3.96. The Labute approximate surface area is 184 Å². The second kappa shape index (κ2) is 11.5. The second-order valence-corrected chi connectivity index (χ2v) is 8.08. The molecule has 1 aliphatic rings. The number of carbonyl (C=O) groups is 2. The van der Waals surface area contributed by atoms with Gasteiger partial charge < -0.3 is 15.2 Å². The van der Waals surface area contributed by atoms with Gasteiger partial charge in [0.15, 0.2) is 0 Å². The van der Waals surface area contributed by atoms with E-state index >= 15 is 0 Å². The van der Waals surface area contributed by atoms with Crippen LogP contribution in [0, 0.1) is 0 Å². The number of carboxylic acids is 1. The Morgan fingerprint density at radius 2 is 1.94 bits per heavy atom. The van der Waals surface area contributed by atoms with E-state index in [9.17, 15) is 9.59 Å². The molecule has 1 amide bonds. The van der Waals surface area contributed by atoms with Gasteiger partial charge >= 0.3 is 5.97 Å². The molecular formula is C25H32N2O4. The van der Waals surface area contributed by atoms with Crippen LogP contribution in [-0.2, 0) is 17.8 Å². The molecule has 0 spiro atoms. The van der Waals surface area contributed by atoms with Gasteiger partial charge in [-0.25, -0.2) is 0 Å². The largest absolute Gasteiger partial charge is 0.493 e. The molecule has 2 aromatic rings. The predicted octanol–water partition coefficient (Wildman–Crippen LogP) is 3.87. The van der Waals surface area contributed by atoms with Crippen molar-refractivity contribution in [3.05, 3.63) is 64.7 Å². The Bertz CT molecular complexity index is 897. The molecule has 0 saturated carbocycles. The van der Waals surface area contributed by atoms with Crippen LogP contribution in [0.3, 0.4) is 0 Å². The van der Waals surface area contributed by atoms with E-state index in [1.807, 2.05) is 12.1 Å². The molecule has 3 rings (SSSR count). The van der Waals surface area contributed by atoms with E-state index < -0.39 is 18.4 Å². The standard InChI is InChI=1S/C25H32N2O4/c1-2-11-27-12-4-3-5-13-31-23-10-9-21(25(30)26-17-24(28)29)16-22(23)15-19-7-6-8-20(14-19)18-27/h6-10,14,16H,2-5,11-13,15,17-18H2,1H3,(H,26,30)(H,28,29). The first-order valence-electron chi connectivity index (χ1n) is 11.1. The van der Waals surface area contributed by atoms with Gasteiger partial charge in [0.1, 0.15) is 12.3 Å². The van der Waals surface area contributed by atoms with Crippen LogP contribution >= 0.6 is 0 Å². The van der Waals surface area contributed by atoms with Crippen molar-refractivity contribution in [2.45, 2.75) is 45.6 Å². The van der Waals surface area contributed by atoms with Gasteiger partial charge in [0.2, 0.25) is 0 Å². The lowest BCUT2D eigenvalue weighted by atomic mass is 9.99. The summed E-state index contributed by atoms with van der Waals surface area (Å²) in [6, 6.07) is 13.9. The Hall–Kier alpha value is -2.86. The summed E-state index contributed by atoms with van der Waals surface area (Å²) in [4.78, 5) is 25.6. The van der Waals surface area contributed by atoms with Crippen molar-refractivity contribution in [1.82, 2.24) is 10.2 Å². The molecule has 0 saturated heterocycles. The van der Waals surface area contributed by atoms with Crippen molar-refractivity contribution in [2.75, 3.05) is 26.2 Å². The number of benzene rings is 2. The maximum absolute atomic E-state index is 12.3. The van der Waals surface area contributed by atoms with Crippen LogP contribution in [0.15, 0.2) is 42.5 Å². The first kappa shape index (κ1) is 22.8. The minimum Gasteiger partial charge on any atom is -0.493 e. The van der Waals surface area contributed by atoms with Crippen LogP contribution in [-0.4, -0.2) is 48.1 Å². The predicted molar refractivity (Wildman–Crippen MR) is 121 cm³/mol. The normalized spacial score (nSPS) is 15.3. The highest BCUT2D eigenvalue weighted by atomic mass is 16.5. The van der Waals surface area contributed by atoms with E-state index in [4.69, 9.17) is 9.84 Å². The fourth-order valence-corrected chi connectivity index (χ4v) is 3.96. The summed E-state index contributed by atoms with van der Waals surface area (Å²) in [7, 11) is 0. The minimum absolute atomic E-state index is 0.395. The monoisotopic (exact) mass is 424 g/mol. The van der Waals surface area contributed by atoms with E-state index in [-0.39, 0.29) is 0 Å². The molecule has 6 nitrogen and oxygen atoms in total. The van der Waals surface area contributed by atoms with E-state index in [1.54, 1.807) is 6.07 Å². The number of aliphatic carboxylic acids is 1. The SMILES string of the molecule is CCCN1CCCCCOc2ccc(C(=O)NCC(=O)O)cc2Cc2cccc(c2)C1. The molecule has 2 aromatic carbocycles. The summed E-state index contributed by atoms with van der Waals surface area (Å²) in [5.74, 6) is -0.678. The number of hydrogen-bond donors (Lipinski definition) is 2. The Balaban J connectivity index is 1.86. The first-order valence-corrected chi connectivity index (χ1v) is 11.1. The number of rotatable bonds is 5. The van der Waals surface area contributed by atoms with Gasteiger partial charge in [-0.05, 0) is 73.7 Å².